The van der Waals surface area contributed by atoms with Gasteiger partial charge in [-0.3, -0.25) is 0 Å². The van der Waals surface area contributed by atoms with E-state index in [4.69, 9.17) is 8.54 Å². The normalized spacial score (nSPS) is 27.3. The molecule has 0 saturated carbocycles. The molecule has 0 aromatic carbocycles. The summed E-state index contributed by atoms with van der Waals surface area (Å²) in [6.07, 6.45) is 2.57. The Balaban J connectivity index is 2.13. The fraction of sp³-hybridized carbons (Fsp3) is 1.00. The summed E-state index contributed by atoms with van der Waals surface area (Å²) >= 11 is 0. The Labute approximate surface area is 66.1 Å². The third-order valence-electron chi connectivity index (χ3n) is 1.56. The van der Waals surface area contributed by atoms with Crippen molar-refractivity contribution < 1.29 is 8.54 Å². The molecule has 0 amide bonds. The highest BCUT2D eigenvalue weighted by Crippen LogP contribution is 2.11. The van der Waals surface area contributed by atoms with E-state index in [1.807, 2.05) is 0 Å². The molecule has 60 valence electrons. The first-order valence-electron chi connectivity index (χ1n) is 4.06. The Morgan fingerprint density at radius 2 is 2.20 bits per heavy atom. The highest BCUT2D eigenvalue weighted by Gasteiger charge is 2.18. The lowest BCUT2D eigenvalue weighted by molar-refractivity contribution is 0.238. The van der Waals surface area contributed by atoms with Crippen LogP contribution < -0.4 is 0 Å². The molecule has 4 heteroatoms. The zero-order chi connectivity index (χ0) is 7.40. The van der Waals surface area contributed by atoms with Gasteiger partial charge in [-0.1, -0.05) is 0 Å². The lowest BCUT2D eigenvalue weighted by Crippen LogP contribution is -2.31. The van der Waals surface area contributed by atoms with Gasteiger partial charge in [0, 0.05) is 6.61 Å². The van der Waals surface area contributed by atoms with Crippen LogP contribution in [0.1, 0.15) is 12.8 Å². The average Bonchev–Trinajstić information content (AvgIpc) is 1.88. The van der Waals surface area contributed by atoms with Gasteiger partial charge in [0.25, 0.3) is 0 Å². The topological polar surface area (TPSA) is 18.5 Å². The predicted molar refractivity (Wildman–Crippen MR) is 47.1 cm³/mol. The minimum atomic E-state index is -1.12. The Morgan fingerprint density at radius 3 is 2.70 bits per heavy atom. The Morgan fingerprint density at radius 1 is 1.40 bits per heavy atom. The molecule has 1 heterocycles. The lowest BCUT2D eigenvalue weighted by atomic mass is 10.4. The quantitative estimate of drug-likeness (QED) is 0.585. The summed E-state index contributed by atoms with van der Waals surface area (Å²) < 4.78 is 11.3. The van der Waals surface area contributed by atoms with Gasteiger partial charge in [-0.2, -0.15) is 0 Å². The van der Waals surface area contributed by atoms with Crippen LogP contribution in [0.3, 0.4) is 0 Å². The van der Waals surface area contributed by atoms with E-state index in [1.165, 1.54) is 18.9 Å². The zero-order valence-electron chi connectivity index (χ0n) is 6.80. The summed E-state index contributed by atoms with van der Waals surface area (Å²) in [5, 5.41) is 0. The van der Waals surface area contributed by atoms with E-state index < -0.39 is 18.3 Å². The summed E-state index contributed by atoms with van der Waals surface area (Å²) in [5.41, 5.74) is 0. The smallest absolute Gasteiger partial charge is 0.310 e. The maximum absolute atomic E-state index is 5.75. The predicted octanol–water partition coefficient (Wildman–Crippen LogP) is 1.02. The van der Waals surface area contributed by atoms with Crippen molar-refractivity contribution in [3.05, 3.63) is 0 Å². The monoisotopic (exact) mass is 176 g/mol. The van der Waals surface area contributed by atoms with E-state index in [0.717, 1.165) is 6.61 Å². The van der Waals surface area contributed by atoms with Crippen LogP contribution in [-0.4, -0.2) is 24.9 Å². The van der Waals surface area contributed by atoms with E-state index in [2.05, 4.69) is 13.1 Å². The summed E-state index contributed by atoms with van der Waals surface area (Å²) in [4.78, 5) is 0. The molecule has 2 nitrogen and oxygen atoms in total. The van der Waals surface area contributed by atoms with Gasteiger partial charge in [0.1, 0.15) is 0 Å². The second kappa shape index (κ2) is 4.28. The minimum absolute atomic E-state index is 0.807. The van der Waals surface area contributed by atoms with E-state index in [1.54, 1.807) is 0 Å². The van der Waals surface area contributed by atoms with Crippen molar-refractivity contribution in [3.8, 4) is 0 Å². The maximum atomic E-state index is 5.75. The van der Waals surface area contributed by atoms with Crippen LogP contribution in [0, 0.1) is 0 Å². The van der Waals surface area contributed by atoms with Crippen LogP contribution in [0.5, 0.6) is 0 Å². The van der Waals surface area contributed by atoms with Crippen molar-refractivity contribution in [3.63, 3.8) is 0 Å². The zero-order valence-corrected chi connectivity index (χ0v) is 9.11. The Bertz CT molecular complexity index is 91.7. The van der Waals surface area contributed by atoms with Gasteiger partial charge >= 0.3 is 9.28 Å². The van der Waals surface area contributed by atoms with E-state index in [-0.39, 0.29) is 0 Å². The molecule has 1 unspecified atom stereocenters. The van der Waals surface area contributed by atoms with E-state index in [9.17, 15) is 0 Å². The van der Waals surface area contributed by atoms with Crippen molar-refractivity contribution in [1.82, 2.24) is 0 Å². The van der Waals surface area contributed by atoms with E-state index in [0.29, 0.717) is 0 Å². The van der Waals surface area contributed by atoms with Gasteiger partial charge < -0.3 is 8.54 Å². The van der Waals surface area contributed by atoms with Gasteiger partial charge in [-0.15, -0.1) is 0 Å². The van der Waals surface area contributed by atoms with Gasteiger partial charge in [-0.25, -0.2) is 0 Å². The van der Waals surface area contributed by atoms with Crippen molar-refractivity contribution in [2.45, 2.75) is 32.0 Å². The van der Waals surface area contributed by atoms with Gasteiger partial charge in [0.2, 0.25) is 0 Å². The standard InChI is InChI=1S/C6H16O2Si2/c1-9(2)8-10-6-4-3-5-7-10/h9-10H,3-6H2,1-2H3. The summed E-state index contributed by atoms with van der Waals surface area (Å²) in [6, 6.07) is 1.24. The maximum Gasteiger partial charge on any atom is 0.310 e. The molecular weight excluding hydrogens is 160 g/mol. The molecule has 0 aromatic rings. The largest absolute Gasteiger partial charge is 0.441 e. The SMILES string of the molecule is C[SiH](C)O[SiH]1CCCCO1. The number of hydrogen-bond acceptors (Lipinski definition) is 2. The second-order valence-corrected chi connectivity index (χ2v) is 7.94. The highest BCUT2D eigenvalue weighted by molar-refractivity contribution is 6.61. The number of hydrogen-bond donors (Lipinski definition) is 0. The summed E-state index contributed by atoms with van der Waals surface area (Å²) in [7, 11) is -1.93. The van der Waals surface area contributed by atoms with Crippen LogP contribution in [0.15, 0.2) is 0 Å². The molecule has 0 radical (unpaired) electrons. The van der Waals surface area contributed by atoms with Gasteiger partial charge in [-0.05, 0) is 32.0 Å². The van der Waals surface area contributed by atoms with Crippen LogP contribution in [0.4, 0.5) is 0 Å². The molecule has 10 heavy (non-hydrogen) atoms. The Hall–Kier alpha value is 0.354. The van der Waals surface area contributed by atoms with Crippen molar-refractivity contribution >= 4 is 18.3 Å². The number of rotatable bonds is 2. The molecular formula is C6H16O2Si2. The summed E-state index contributed by atoms with van der Waals surface area (Å²) in [5.74, 6) is 0. The fourth-order valence-electron chi connectivity index (χ4n) is 1.12. The van der Waals surface area contributed by atoms with E-state index >= 15 is 0 Å². The second-order valence-electron chi connectivity index (χ2n) is 2.98. The highest BCUT2D eigenvalue weighted by atomic mass is 28.4. The Kier molecular flexibility index (Phi) is 3.61. The molecule has 0 N–H and O–H groups in total. The minimum Gasteiger partial charge on any atom is -0.441 e. The third-order valence-corrected chi connectivity index (χ3v) is 6.44. The molecule has 1 aliphatic rings. The van der Waals surface area contributed by atoms with Crippen LogP contribution in [0.25, 0.3) is 0 Å². The molecule has 1 aliphatic heterocycles. The molecule has 1 saturated heterocycles. The first-order chi connectivity index (χ1) is 4.79. The van der Waals surface area contributed by atoms with Crippen molar-refractivity contribution in [1.29, 1.82) is 0 Å². The molecule has 0 spiro atoms. The molecule has 1 atom stereocenters. The van der Waals surface area contributed by atoms with Gasteiger partial charge in [0.05, 0.1) is 0 Å². The lowest BCUT2D eigenvalue weighted by Gasteiger charge is -2.22. The van der Waals surface area contributed by atoms with Crippen LogP contribution in [-0.2, 0) is 8.54 Å². The third kappa shape index (κ3) is 2.96. The molecule has 0 aliphatic carbocycles. The molecule has 0 bridgehead atoms. The molecule has 1 fully saturated rings. The molecule has 1 rings (SSSR count). The van der Waals surface area contributed by atoms with Crippen molar-refractivity contribution in [2.24, 2.45) is 0 Å². The van der Waals surface area contributed by atoms with Crippen LogP contribution in [0.2, 0.25) is 19.1 Å². The van der Waals surface area contributed by atoms with Crippen molar-refractivity contribution in [2.75, 3.05) is 6.61 Å². The fourth-order valence-corrected chi connectivity index (χ4v) is 5.63. The first kappa shape index (κ1) is 8.45. The average molecular weight is 176 g/mol. The van der Waals surface area contributed by atoms with Gasteiger partial charge in [0.15, 0.2) is 9.04 Å². The molecule has 0 aromatic heterocycles. The van der Waals surface area contributed by atoms with Crippen LogP contribution >= 0.6 is 0 Å². The first-order valence-corrected chi connectivity index (χ1v) is 8.60. The summed E-state index contributed by atoms with van der Waals surface area (Å²) in [6.45, 7) is 5.38.